The van der Waals surface area contributed by atoms with Crippen molar-refractivity contribution in [3.63, 3.8) is 0 Å². The third-order valence-electron chi connectivity index (χ3n) is 13.5. The van der Waals surface area contributed by atoms with E-state index in [0.29, 0.717) is 19.5 Å². The lowest BCUT2D eigenvalue weighted by Crippen LogP contribution is -3.10. The van der Waals surface area contributed by atoms with Gasteiger partial charge in [0.05, 0.1) is 29.7 Å². The summed E-state index contributed by atoms with van der Waals surface area (Å²) in [4.78, 5) is 9.27. The van der Waals surface area contributed by atoms with Crippen LogP contribution in [0.2, 0.25) is 0 Å². The fourth-order valence-corrected chi connectivity index (χ4v) is 10.2. The zero-order chi connectivity index (χ0) is 42.5. The molecule has 6 heterocycles. The van der Waals surface area contributed by atoms with Crippen LogP contribution in [0.1, 0.15) is 87.9 Å². The summed E-state index contributed by atoms with van der Waals surface area (Å²) in [6.45, 7) is 19.4. The van der Waals surface area contributed by atoms with E-state index in [1.807, 2.05) is 0 Å². The molecule has 2 aromatic heterocycles. The van der Waals surface area contributed by atoms with Crippen molar-refractivity contribution in [1.82, 2.24) is 34.7 Å². The van der Waals surface area contributed by atoms with Gasteiger partial charge in [-0.15, -0.1) is 9.78 Å². The van der Waals surface area contributed by atoms with Crippen molar-refractivity contribution >= 4 is 5.69 Å². The molecule has 3 atom stereocenters. The summed E-state index contributed by atoms with van der Waals surface area (Å²) in [5, 5.41) is 16.0. The van der Waals surface area contributed by atoms with Crippen LogP contribution in [0.15, 0.2) is 174 Å². The van der Waals surface area contributed by atoms with Gasteiger partial charge in [0.1, 0.15) is 18.4 Å². The molecule has 0 fully saturated rings. The molecule has 0 amide bonds. The monoisotopic (exact) mass is 947 g/mol. The van der Waals surface area contributed by atoms with Crippen molar-refractivity contribution in [2.75, 3.05) is 18.0 Å². The highest BCUT2D eigenvalue weighted by atomic mass is 127. The quantitative estimate of drug-likeness (QED) is 0.178. The van der Waals surface area contributed by atoms with Gasteiger partial charge in [0.25, 0.3) is 0 Å². The maximum atomic E-state index is 5.52. The van der Waals surface area contributed by atoms with E-state index in [2.05, 4.69) is 197 Å². The first-order valence-electron chi connectivity index (χ1n) is 22.1. The van der Waals surface area contributed by atoms with Crippen molar-refractivity contribution in [3.8, 4) is 17.1 Å². The summed E-state index contributed by atoms with van der Waals surface area (Å²) in [6, 6.07) is 40.9. The van der Waals surface area contributed by atoms with E-state index in [4.69, 9.17) is 22.1 Å². The van der Waals surface area contributed by atoms with E-state index in [-0.39, 0.29) is 36.3 Å². The lowest BCUT2D eigenvalue weighted by atomic mass is 10.0. The third kappa shape index (κ3) is 7.34. The SMILES string of the molecule is C=C1Cc2c(n(-c3ccccc3)n[n+]2Cc2ccccc2)-c2nnn(Cc3ccccc3)c2C2N3C(C)=C(C)[NH+]2CCCCN2C(C)=C(C)N(/C1=C/C=C\C)C2c1ccccc13.[I-]. The second-order valence-corrected chi connectivity index (χ2v) is 17.0. The van der Waals surface area contributed by atoms with Crippen LogP contribution in [0.3, 0.4) is 0 Å². The van der Waals surface area contributed by atoms with Crippen molar-refractivity contribution < 1.29 is 33.6 Å². The zero-order valence-electron chi connectivity index (χ0n) is 36.9. The van der Waals surface area contributed by atoms with Gasteiger partial charge >= 0.3 is 0 Å². The molecule has 3 unspecified atom stereocenters. The minimum Gasteiger partial charge on any atom is -1.00 e. The van der Waals surface area contributed by atoms with E-state index in [0.717, 1.165) is 65.7 Å². The highest BCUT2D eigenvalue weighted by Gasteiger charge is 2.50. The molecule has 0 radical (unpaired) electrons. The maximum absolute atomic E-state index is 5.52. The third-order valence-corrected chi connectivity index (χ3v) is 13.5. The first-order chi connectivity index (χ1) is 30.3. The Balaban J connectivity index is 0.00000504. The van der Waals surface area contributed by atoms with Crippen LogP contribution in [0.25, 0.3) is 17.1 Å². The lowest BCUT2D eigenvalue weighted by molar-refractivity contribution is -0.887. The minimum atomic E-state index is -0.169. The summed E-state index contributed by atoms with van der Waals surface area (Å²) in [5.41, 5.74) is 16.8. The summed E-state index contributed by atoms with van der Waals surface area (Å²) in [7, 11) is 0. The fourth-order valence-electron chi connectivity index (χ4n) is 10.2. The number of allylic oxidation sites excluding steroid dienone is 8. The van der Waals surface area contributed by atoms with Gasteiger partial charge in [-0.05, 0) is 81.5 Å². The molecule has 10 nitrogen and oxygen atoms in total. The standard InChI is InChI=1S/C52H55N10.HI/c1-7-8-29-45-36(2)33-47-49(62(43-26-16-11-17-27-43)55-58(47)34-41-22-12-9-13-23-41)48-50(59(54-53-48)35-42-24-14-10-15-25-42)52-57-32-21-20-31-56-37(3)39(5)60(45)51(56)44-28-18-19-30-46(44)61(52)40(6)38(57)4;/h7-19,22-30,51-52H,2,20-21,31-35H2,1,3-6H3;1H/q+1;/b8-7-,45-29+;. The second kappa shape index (κ2) is 17.6. The van der Waals surface area contributed by atoms with Gasteiger partial charge in [-0.2, -0.15) is 0 Å². The molecular formula is C52H56IN10+. The number of benzene rings is 4. The van der Waals surface area contributed by atoms with E-state index >= 15 is 0 Å². The maximum Gasteiger partial charge on any atom is 0.230 e. The number of fused-ring (bicyclic) bond motifs is 3. The molecular weight excluding hydrogens is 892 g/mol. The number of para-hydroxylation sites is 2. The number of hydrogen-bond donors (Lipinski definition) is 1. The molecule has 4 bridgehead atoms. The summed E-state index contributed by atoms with van der Waals surface area (Å²) >= 11 is 0. The van der Waals surface area contributed by atoms with Crippen LogP contribution >= 0.6 is 0 Å². The molecule has 4 aromatic carbocycles. The Bertz CT molecular complexity index is 2780. The van der Waals surface area contributed by atoms with E-state index in [1.54, 1.807) is 0 Å². The van der Waals surface area contributed by atoms with Gasteiger partial charge in [-0.3, -0.25) is 9.80 Å². The number of anilines is 1. The first kappa shape index (κ1) is 42.3. The molecule has 4 aliphatic rings. The zero-order valence-corrected chi connectivity index (χ0v) is 39.1. The van der Waals surface area contributed by atoms with Crippen LogP contribution in [-0.2, 0) is 19.5 Å². The average Bonchev–Trinajstić information content (AvgIpc) is 3.99. The summed E-state index contributed by atoms with van der Waals surface area (Å²) in [5.74, 6) is 0. The molecule has 0 aliphatic carbocycles. The number of rotatable bonds is 6. The van der Waals surface area contributed by atoms with Gasteiger partial charge in [0, 0.05) is 42.5 Å². The van der Waals surface area contributed by atoms with Gasteiger partial charge in [0.15, 0.2) is 22.8 Å². The van der Waals surface area contributed by atoms with E-state index in [1.165, 1.54) is 50.1 Å². The minimum absolute atomic E-state index is 0. The summed E-state index contributed by atoms with van der Waals surface area (Å²) in [6.07, 6.45) is 8.93. The van der Waals surface area contributed by atoms with Gasteiger partial charge < -0.3 is 33.8 Å². The van der Waals surface area contributed by atoms with Crippen molar-refractivity contribution in [2.24, 2.45) is 0 Å². The first-order valence-corrected chi connectivity index (χ1v) is 22.1. The highest BCUT2D eigenvalue weighted by Crippen LogP contribution is 2.49. The Morgan fingerprint density at radius 3 is 2.21 bits per heavy atom. The average molecular weight is 948 g/mol. The molecule has 10 rings (SSSR count). The van der Waals surface area contributed by atoms with Crippen molar-refractivity contribution in [1.29, 1.82) is 0 Å². The molecule has 0 spiro atoms. The topological polar surface area (TPSA) is 66.6 Å². The molecule has 4 aliphatic heterocycles. The van der Waals surface area contributed by atoms with Gasteiger partial charge in [-0.25, -0.2) is 4.68 Å². The Morgan fingerprint density at radius 1 is 0.794 bits per heavy atom. The number of quaternary nitrogens is 1. The number of nitrogens with one attached hydrogen (secondary N) is 1. The predicted molar refractivity (Wildman–Crippen MR) is 244 cm³/mol. The largest absolute Gasteiger partial charge is 1.00 e. The molecule has 0 saturated carbocycles. The molecule has 63 heavy (non-hydrogen) atoms. The molecule has 11 heteroatoms. The highest BCUT2D eigenvalue weighted by molar-refractivity contribution is 5.68. The normalized spacial score (nSPS) is 20.4. The smallest absolute Gasteiger partial charge is 0.230 e. The molecule has 0 saturated heterocycles. The van der Waals surface area contributed by atoms with Gasteiger partial charge in [0.2, 0.25) is 11.9 Å². The summed E-state index contributed by atoms with van der Waals surface area (Å²) < 4.78 is 6.47. The molecule has 6 aromatic rings. The van der Waals surface area contributed by atoms with Crippen LogP contribution < -0.4 is 38.5 Å². The van der Waals surface area contributed by atoms with Crippen LogP contribution in [-0.4, -0.2) is 47.8 Å². The van der Waals surface area contributed by atoms with Crippen LogP contribution in [0.5, 0.6) is 0 Å². The Kier molecular flexibility index (Phi) is 11.8. The van der Waals surface area contributed by atoms with Crippen molar-refractivity contribution in [2.45, 2.75) is 79.3 Å². The number of hydrogen-bond acceptors (Lipinski definition) is 6. The van der Waals surface area contributed by atoms with E-state index in [9.17, 15) is 0 Å². The van der Waals surface area contributed by atoms with E-state index < -0.39 is 0 Å². The lowest BCUT2D eigenvalue weighted by Gasteiger charge is -2.39. The predicted octanol–water partition coefficient (Wildman–Crippen LogP) is 5.41. The number of halogens is 1. The van der Waals surface area contributed by atoms with Gasteiger partial charge in [-0.1, -0.05) is 126 Å². The second-order valence-electron chi connectivity index (χ2n) is 17.0. The number of nitrogens with zero attached hydrogens (tertiary/aromatic N) is 9. The Labute approximate surface area is 388 Å². The Hall–Kier alpha value is -6.05. The fraction of sp³-hybridized carbons (Fsp3) is 0.269. The van der Waals surface area contributed by atoms with Crippen molar-refractivity contribution in [3.05, 3.63) is 202 Å². The van der Waals surface area contributed by atoms with Crippen LogP contribution in [0.4, 0.5) is 5.69 Å². The van der Waals surface area contributed by atoms with Crippen LogP contribution in [0, 0.1) is 0 Å². The molecule has 1 N–H and O–H groups in total. The molecule has 320 valence electrons. The Morgan fingerprint density at radius 2 is 1.48 bits per heavy atom. The number of aromatic nitrogens is 6.